The molecule has 106 valence electrons. The molecule has 0 amide bonds. The molecule has 2 N–H and O–H groups in total. The highest BCUT2D eigenvalue weighted by Gasteiger charge is 2.46. The number of aryl methyl sites for hydroxylation is 2. The number of hydrogen-bond acceptors (Lipinski definition) is 3. The van der Waals surface area contributed by atoms with Crippen molar-refractivity contribution in [1.82, 2.24) is 0 Å². The third kappa shape index (κ3) is 3.16. The van der Waals surface area contributed by atoms with E-state index in [0.29, 0.717) is 5.56 Å². The largest absolute Gasteiger partial charge is 0.516 e. The number of anilines is 1. The van der Waals surface area contributed by atoms with Crippen LogP contribution in [0.15, 0.2) is 12.1 Å². The van der Waals surface area contributed by atoms with Crippen molar-refractivity contribution in [1.29, 1.82) is 0 Å². The minimum atomic E-state index is -5.66. The van der Waals surface area contributed by atoms with Gasteiger partial charge in [0, 0.05) is 0 Å². The summed E-state index contributed by atoms with van der Waals surface area (Å²) in [5.41, 5.74) is -6.06. The Morgan fingerprint density at radius 2 is 1.79 bits per heavy atom. The first kappa shape index (κ1) is 15.3. The second kappa shape index (κ2) is 4.72. The lowest BCUT2D eigenvalue weighted by Crippen LogP contribution is -2.31. The van der Waals surface area contributed by atoms with Gasteiger partial charge in [0.25, 0.3) is 0 Å². The van der Waals surface area contributed by atoms with Crippen LogP contribution in [0.1, 0.15) is 21.5 Å². The fraction of sp³-hybridized carbons (Fsp3) is 0.300. The van der Waals surface area contributed by atoms with E-state index < -0.39 is 32.8 Å². The van der Waals surface area contributed by atoms with E-state index in [1.165, 1.54) is 17.7 Å². The summed E-state index contributed by atoms with van der Waals surface area (Å²) in [5.74, 6) is -1.52. The van der Waals surface area contributed by atoms with Crippen LogP contribution in [-0.4, -0.2) is 25.0 Å². The molecule has 0 aliphatic carbocycles. The number of halogens is 3. The van der Waals surface area contributed by atoms with Gasteiger partial charge in [-0.1, -0.05) is 6.07 Å². The van der Waals surface area contributed by atoms with Gasteiger partial charge in [-0.05, 0) is 31.0 Å². The number of carboxylic acid groups (broad SMARTS) is 1. The molecule has 1 aromatic carbocycles. The van der Waals surface area contributed by atoms with Gasteiger partial charge in [-0.25, -0.2) is 4.79 Å². The Hall–Kier alpha value is -1.77. The fourth-order valence-electron chi connectivity index (χ4n) is 1.46. The predicted octanol–water partition coefficient (Wildman–Crippen LogP) is 2.26. The quantitative estimate of drug-likeness (QED) is 0.896. The Labute approximate surface area is 107 Å². The van der Waals surface area contributed by atoms with E-state index in [4.69, 9.17) is 5.11 Å². The van der Waals surface area contributed by atoms with E-state index in [-0.39, 0.29) is 5.56 Å². The highest BCUT2D eigenvalue weighted by atomic mass is 32.2. The number of alkyl halides is 3. The minimum absolute atomic E-state index is 0.0882. The second-order valence-electron chi connectivity index (χ2n) is 3.86. The molecule has 0 saturated carbocycles. The van der Waals surface area contributed by atoms with Gasteiger partial charge in [-0.15, -0.1) is 0 Å². The Morgan fingerprint density at radius 1 is 1.26 bits per heavy atom. The predicted molar refractivity (Wildman–Crippen MR) is 61.5 cm³/mol. The average Bonchev–Trinajstić information content (AvgIpc) is 2.19. The second-order valence-corrected chi connectivity index (χ2v) is 5.53. The Balaban J connectivity index is 3.41. The van der Waals surface area contributed by atoms with Crippen molar-refractivity contribution in [2.75, 3.05) is 4.72 Å². The molecule has 0 unspecified atom stereocenters. The van der Waals surface area contributed by atoms with Crippen LogP contribution in [-0.2, 0) is 10.0 Å². The van der Waals surface area contributed by atoms with E-state index in [1.807, 2.05) is 0 Å². The maximum absolute atomic E-state index is 12.3. The Morgan fingerprint density at radius 3 is 2.21 bits per heavy atom. The summed E-state index contributed by atoms with van der Waals surface area (Å²) in [6, 6.07) is 2.46. The van der Waals surface area contributed by atoms with Gasteiger partial charge in [-0.2, -0.15) is 21.6 Å². The molecular weight excluding hydrogens is 287 g/mol. The first-order valence-corrected chi connectivity index (χ1v) is 6.37. The standard InChI is InChI=1S/C10H10F3NO4S/c1-5-3-6(2)8(7(4-5)9(15)16)14-19(17,18)10(11,12)13/h3-4,14H,1-2H3,(H,15,16). The summed E-state index contributed by atoms with van der Waals surface area (Å²) in [4.78, 5) is 10.9. The number of rotatable bonds is 3. The molecule has 0 aliphatic rings. The third-order valence-electron chi connectivity index (χ3n) is 2.25. The molecule has 1 aromatic rings. The van der Waals surface area contributed by atoms with Gasteiger partial charge in [-0.3, -0.25) is 4.72 Å². The zero-order chi connectivity index (χ0) is 15.0. The lowest BCUT2D eigenvalue weighted by Gasteiger charge is -2.15. The van der Waals surface area contributed by atoms with Gasteiger partial charge < -0.3 is 5.11 Å². The van der Waals surface area contributed by atoms with E-state index in [0.717, 1.165) is 6.07 Å². The number of aromatic carboxylic acids is 1. The van der Waals surface area contributed by atoms with Crippen molar-refractivity contribution < 1.29 is 31.5 Å². The van der Waals surface area contributed by atoms with Gasteiger partial charge in [0.05, 0.1) is 11.3 Å². The molecule has 0 fully saturated rings. The van der Waals surface area contributed by atoms with E-state index >= 15 is 0 Å². The first-order valence-electron chi connectivity index (χ1n) is 4.89. The lowest BCUT2D eigenvalue weighted by atomic mass is 10.0. The molecule has 0 heterocycles. The van der Waals surface area contributed by atoms with Crippen molar-refractivity contribution >= 4 is 21.7 Å². The van der Waals surface area contributed by atoms with Crippen LogP contribution in [0, 0.1) is 13.8 Å². The van der Waals surface area contributed by atoms with E-state index in [2.05, 4.69) is 0 Å². The summed E-state index contributed by atoms with van der Waals surface area (Å²) in [6.45, 7) is 2.86. The molecule has 9 heteroatoms. The normalized spacial score (nSPS) is 12.3. The molecule has 0 spiro atoms. The van der Waals surface area contributed by atoms with Gasteiger partial charge in [0.15, 0.2) is 0 Å². The number of benzene rings is 1. The van der Waals surface area contributed by atoms with Crippen LogP contribution >= 0.6 is 0 Å². The highest BCUT2D eigenvalue weighted by molar-refractivity contribution is 7.93. The number of carboxylic acids is 1. The molecule has 0 aliphatic heterocycles. The molecule has 0 aromatic heterocycles. The van der Waals surface area contributed by atoms with Gasteiger partial charge in [0.1, 0.15) is 0 Å². The lowest BCUT2D eigenvalue weighted by molar-refractivity contribution is -0.0429. The van der Waals surface area contributed by atoms with Crippen LogP contribution in [0.25, 0.3) is 0 Å². The molecule has 0 saturated heterocycles. The van der Waals surface area contributed by atoms with Crippen molar-refractivity contribution in [3.63, 3.8) is 0 Å². The van der Waals surface area contributed by atoms with Crippen LogP contribution in [0.5, 0.6) is 0 Å². The van der Waals surface area contributed by atoms with Crippen LogP contribution in [0.3, 0.4) is 0 Å². The van der Waals surface area contributed by atoms with E-state index in [1.54, 1.807) is 6.92 Å². The maximum atomic E-state index is 12.3. The van der Waals surface area contributed by atoms with Crippen LogP contribution < -0.4 is 4.72 Å². The number of hydrogen-bond donors (Lipinski definition) is 2. The van der Waals surface area contributed by atoms with E-state index in [9.17, 15) is 26.4 Å². The van der Waals surface area contributed by atoms with Crippen molar-refractivity contribution in [2.24, 2.45) is 0 Å². The smallest absolute Gasteiger partial charge is 0.478 e. The monoisotopic (exact) mass is 297 g/mol. The minimum Gasteiger partial charge on any atom is -0.478 e. The molecule has 0 atom stereocenters. The summed E-state index contributed by atoms with van der Waals surface area (Å²) in [6.07, 6.45) is 0. The van der Waals surface area contributed by atoms with Crippen molar-refractivity contribution in [2.45, 2.75) is 19.4 Å². The summed E-state index contributed by atoms with van der Waals surface area (Å²) < 4.78 is 60.1. The zero-order valence-corrected chi connectivity index (χ0v) is 10.7. The Bertz CT molecular complexity index is 622. The SMILES string of the molecule is Cc1cc(C)c(NS(=O)(=O)C(F)(F)F)c(C(=O)O)c1. The summed E-state index contributed by atoms with van der Waals surface area (Å²) in [5, 5.41) is 8.90. The topological polar surface area (TPSA) is 83.5 Å². The summed E-state index contributed by atoms with van der Waals surface area (Å²) in [7, 11) is -5.66. The van der Waals surface area contributed by atoms with Crippen molar-refractivity contribution in [3.05, 3.63) is 28.8 Å². The fourth-order valence-corrected chi connectivity index (χ4v) is 2.12. The Kier molecular flexibility index (Phi) is 3.80. The van der Waals surface area contributed by atoms with Crippen molar-refractivity contribution in [3.8, 4) is 0 Å². The molecular formula is C10H10F3NO4S. The average molecular weight is 297 g/mol. The maximum Gasteiger partial charge on any atom is 0.516 e. The third-order valence-corrected chi connectivity index (χ3v) is 3.33. The zero-order valence-electron chi connectivity index (χ0n) is 9.87. The molecule has 19 heavy (non-hydrogen) atoms. The number of carbonyl (C=O) groups is 1. The number of nitrogens with one attached hydrogen (secondary N) is 1. The molecule has 0 bridgehead atoms. The molecule has 0 radical (unpaired) electrons. The molecule has 1 rings (SSSR count). The highest BCUT2D eigenvalue weighted by Crippen LogP contribution is 2.29. The van der Waals surface area contributed by atoms with Gasteiger partial charge in [0.2, 0.25) is 0 Å². The van der Waals surface area contributed by atoms with Crippen LogP contribution in [0.2, 0.25) is 0 Å². The van der Waals surface area contributed by atoms with Gasteiger partial charge >= 0.3 is 21.5 Å². The number of sulfonamides is 1. The van der Waals surface area contributed by atoms with Crippen LogP contribution in [0.4, 0.5) is 18.9 Å². The molecule has 5 nitrogen and oxygen atoms in total. The summed E-state index contributed by atoms with van der Waals surface area (Å²) >= 11 is 0. The first-order chi connectivity index (χ1) is 8.45.